The number of H-pyrrole nitrogens is 1. The Kier molecular flexibility index (Phi) is 2.57. The van der Waals surface area contributed by atoms with Gasteiger partial charge in [-0.3, -0.25) is 5.10 Å². The molecule has 2 heterocycles. The lowest BCUT2D eigenvalue weighted by Gasteiger charge is -2.02. The van der Waals surface area contributed by atoms with Crippen LogP contribution in [0.4, 0.5) is 5.82 Å². The summed E-state index contributed by atoms with van der Waals surface area (Å²) in [6.07, 6.45) is 3.32. The highest BCUT2D eigenvalue weighted by Crippen LogP contribution is 2.12. The molecule has 0 aliphatic carbocycles. The highest BCUT2D eigenvalue weighted by Gasteiger charge is 2.07. The minimum Gasteiger partial charge on any atom is -0.384 e. The zero-order chi connectivity index (χ0) is 10.7. The van der Waals surface area contributed by atoms with E-state index in [0.717, 1.165) is 18.5 Å². The van der Waals surface area contributed by atoms with E-state index in [0.29, 0.717) is 17.5 Å². The van der Waals surface area contributed by atoms with Gasteiger partial charge in [-0.2, -0.15) is 5.10 Å². The molecule has 78 valence electrons. The highest BCUT2D eigenvalue weighted by molar-refractivity contribution is 5.46. The lowest BCUT2D eigenvalue weighted by molar-refractivity contribution is 0.873. The Morgan fingerprint density at radius 2 is 2.27 bits per heavy atom. The van der Waals surface area contributed by atoms with E-state index in [1.165, 1.54) is 6.33 Å². The normalized spacial score (nSPS) is 10.5. The SMILES string of the molecule is CCCc1cc(N)nc(-c2ncn[nH]2)n1. The molecule has 0 unspecified atom stereocenters. The standard InChI is InChI=1S/C9H12N6/c1-2-3-6-4-7(10)14-9(13-6)8-11-5-12-15-8/h4-5H,2-3H2,1H3,(H2,10,13,14)(H,11,12,15). The topological polar surface area (TPSA) is 93.4 Å². The summed E-state index contributed by atoms with van der Waals surface area (Å²) in [7, 11) is 0. The van der Waals surface area contributed by atoms with Crippen LogP contribution < -0.4 is 5.73 Å². The maximum Gasteiger partial charge on any atom is 0.199 e. The van der Waals surface area contributed by atoms with Gasteiger partial charge in [-0.25, -0.2) is 15.0 Å². The lowest BCUT2D eigenvalue weighted by Crippen LogP contribution is -2.01. The number of hydrogen-bond donors (Lipinski definition) is 2. The Morgan fingerprint density at radius 1 is 1.40 bits per heavy atom. The molecule has 0 amide bonds. The monoisotopic (exact) mass is 204 g/mol. The van der Waals surface area contributed by atoms with E-state index < -0.39 is 0 Å². The van der Waals surface area contributed by atoms with Gasteiger partial charge in [0.05, 0.1) is 0 Å². The summed E-state index contributed by atoms with van der Waals surface area (Å²) < 4.78 is 0. The average molecular weight is 204 g/mol. The van der Waals surface area contributed by atoms with Crippen molar-refractivity contribution in [2.24, 2.45) is 0 Å². The lowest BCUT2D eigenvalue weighted by atomic mass is 10.2. The number of hydrogen-bond acceptors (Lipinski definition) is 5. The van der Waals surface area contributed by atoms with Gasteiger partial charge in [0, 0.05) is 11.8 Å². The molecule has 2 aromatic rings. The number of nitrogens with zero attached hydrogens (tertiary/aromatic N) is 4. The summed E-state index contributed by atoms with van der Waals surface area (Å²) in [5.41, 5.74) is 6.61. The maximum atomic E-state index is 5.68. The first-order valence-electron chi connectivity index (χ1n) is 4.78. The summed E-state index contributed by atoms with van der Waals surface area (Å²) in [6, 6.07) is 1.78. The van der Waals surface area contributed by atoms with Crippen LogP contribution >= 0.6 is 0 Å². The van der Waals surface area contributed by atoms with Crippen LogP contribution in [-0.4, -0.2) is 25.1 Å². The summed E-state index contributed by atoms with van der Waals surface area (Å²) in [6.45, 7) is 2.09. The molecule has 0 spiro atoms. The molecule has 0 bridgehead atoms. The Bertz CT molecular complexity index is 436. The van der Waals surface area contributed by atoms with E-state index >= 15 is 0 Å². The third kappa shape index (κ3) is 2.09. The molecule has 2 rings (SSSR count). The van der Waals surface area contributed by atoms with Crippen molar-refractivity contribution >= 4 is 5.82 Å². The van der Waals surface area contributed by atoms with Gasteiger partial charge in [-0.1, -0.05) is 13.3 Å². The fourth-order valence-corrected chi connectivity index (χ4v) is 1.32. The first-order valence-corrected chi connectivity index (χ1v) is 4.78. The van der Waals surface area contributed by atoms with Crippen LogP contribution in [0.5, 0.6) is 0 Å². The molecule has 0 atom stereocenters. The van der Waals surface area contributed by atoms with E-state index in [4.69, 9.17) is 5.73 Å². The summed E-state index contributed by atoms with van der Waals surface area (Å²) in [5.74, 6) is 1.50. The smallest absolute Gasteiger partial charge is 0.199 e. The van der Waals surface area contributed by atoms with Gasteiger partial charge in [-0.05, 0) is 6.42 Å². The van der Waals surface area contributed by atoms with Crippen LogP contribution in [0.2, 0.25) is 0 Å². The molecule has 3 N–H and O–H groups in total. The third-order valence-corrected chi connectivity index (χ3v) is 1.93. The molecule has 0 aliphatic rings. The molecule has 0 radical (unpaired) electrons. The number of nitrogens with two attached hydrogens (primary N) is 1. The fourth-order valence-electron chi connectivity index (χ4n) is 1.32. The molecule has 6 nitrogen and oxygen atoms in total. The van der Waals surface area contributed by atoms with Crippen LogP contribution in [0, 0.1) is 0 Å². The molecule has 0 aliphatic heterocycles. The van der Waals surface area contributed by atoms with Crippen molar-refractivity contribution in [2.45, 2.75) is 19.8 Å². The zero-order valence-electron chi connectivity index (χ0n) is 8.44. The number of aromatic nitrogens is 5. The molecule has 15 heavy (non-hydrogen) atoms. The molecule has 0 aromatic carbocycles. The Hall–Kier alpha value is -1.98. The first-order chi connectivity index (χ1) is 7.29. The van der Waals surface area contributed by atoms with Gasteiger partial charge >= 0.3 is 0 Å². The number of anilines is 1. The van der Waals surface area contributed by atoms with Gasteiger partial charge in [-0.15, -0.1) is 0 Å². The zero-order valence-corrected chi connectivity index (χ0v) is 8.44. The van der Waals surface area contributed by atoms with Crippen LogP contribution in [0.1, 0.15) is 19.0 Å². The molecule has 0 fully saturated rings. The Morgan fingerprint density at radius 3 is 2.93 bits per heavy atom. The Labute approximate surface area is 87.0 Å². The summed E-state index contributed by atoms with van der Waals surface area (Å²) >= 11 is 0. The largest absolute Gasteiger partial charge is 0.384 e. The first kappa shape index (κ1) is 9.57. The van der Waals surface area contributed by atoms with Crippen molar-refractivity contribution in [3.8, 4) is 11.6 Å². The quantitative estimate of drug-likeness (QED) is 0.771. The second-order valence-corrected chi connectivity index (χ2v) is 3.19. The third-order valence-electron chi connectivity index (χ3n) is 1.93. The van der Waals surface area contributed by atoms with E-state index in [9.17, 15) is 0 Å². The number of aryl methyl sites for hydroxylation is 1. The van der Waals surface area contributed by atoms with E-state index in [1.807, 2.05) is 0 Å². The van der Waals surface area contributed by atoms with E-state index in [2.05, 4.69) is 32.1 Å². The number of aromatic amines is 1. The van der Waals surface area contributed by atoms with Crippen molar-refractivity contribution in [1.29, 1.82) is 0 Å². The van der Waals surface area contributed by atoms with Crippen LogP contribution in [-0.2, 0) is 6.42 Å². The van der Waals surface area contributed by atoms with Gasteiger partial charge in [0.1, 0.15) is 12.1 Å². The van der Waals surface area contributed by atoms with Gasteiger partial charge in [0.25, 0.3) is 0 Å². The summed E-state index contributed by atoms with van der Waals surface area (Å²) in [4.78, 5) is 12.4. The van der Waals surface area contributed by atoms with Crippen LogP contribution in [0.3, 0.4) is 0 Å². The van der Waals surface area contributed by atoms with E-state index in [1.54, 1.807) is 6.07 Å². The average Bonchev–Trinajstić information content (AvgIpc) is 2.70. The van der Waals surface area contributed by atoms with Crippen molar-refractivity contribution in [3.63, 3.8) is 0 Å². The van der Waals surface area contributed by atoms with Gasteiger partial charge < -0.3 is 5.73 Å². The molecular formula is C9H12N6. The predicted molar refractivity (Wildman–Crippen MR) is 55.8 cm³/mol. The van der Waals surface area contributed by atoms with Crippen molar-refractivity contribution in [2.75, 3.05) is 5.73 Å². The molecule has 2 aromatic heterocycles. The van der Waals surface area contributed by atoms with Crippen molar-refractivity contribution in [3.05, 3.63) is 18.1 Å². The highest BCUT2D eigenvalue weighted by atomic mass is 15.2. The Balaban J connectivity index is 2.40. The second-order valence-electron chi connectivity index (χ2n) is 3.19. The fraction of sp³-hybridized carbons (Fsp3) is 0.333. The maximum absolute atomic E-state index is 5.68. The minimum atomic E-state index is 0.458. The molecule has 0 saturated heterocycles. The van der Waals surface area contributed by atoms with Crippen molar-refractivity contribution < 1.29 is 0 Å². The van der Waals surface area contributed by atoms with Crippen molar-refractivity contribution in [1.82, 2.24) is 25.1 Å². The van der Waals surface area contributed by atoms with Gasteiger partial charge in [0.15, 0.2) is 11.6 Å². The van der Waals surface area contributed by atoms with Crippen LogP contribution in [0.15, 0.2) is 12.4 Å². The van der Waals surface area contributed by atoms with Crippen LogP contribution in [0.25, 0.3) is 11.6 Å². The second kappa shape index (κ2) is 4.04. The molecule has 0 saturated carbocycles. The van der Waals surface area contributed by atoms with Gasteiger partial charge in [0.2, 0.25) is 0 Å². The minimum absolute atomic E-state index is 0.458. The van der Waals surface area contributed by atoms with E-state index in [-0.39, 0.29) is 0 Å². The molecule has 6 heteroatoms. The molecular weight excluding hydrogens is 192 g/mol. The number of nitrogen functional groups attached to an aromatic ring is 1. The summed E-state index contributed by atoms with van der Waals surface area (Å²) in [5, 5.41) is 6.46. The number of nitrogens with one attached hydrogen (secondary N) is 1. The predicted octanol–water partition coefficient (Wildman–Crippen LogP) is 0.796. The number of rotatable bonds is 3.